The van der Waals surface area contributed by atoms with Gasteiger partial charge in [0.05, 0.1) is 5.02 Å². The Labute approximate surface area is 121 Å². The maximum Gasteiger partial charge on any atom is 0.253 e. The summed E-state index contributed by atoms with van der Waals surface area (Å²) in [5.41, 5.74) is 0.691. The van der Waals surface area contributed by atoms with Gasteiger partial charge in [-0.15, -0.1) is 0 Å². The van der Waals surface area contributed by atoms with E-state index in [1.165, 1.54) is 0 Å². The number of carbonyl (C=O) groups excluding carboxylic acids is 1. The molecule has 1 heterocycles. The monoisotopic (exact) mass is 330 g/mol. The SMILES string of the molecule is CCN1CCN(C(=O)c2ccc(Cl)c(Br)c2)CC1. The van der Waals surface area contributed by atoms with Crippen LogP contribution in [-0.2, 0) is 0 Å². The third-order valence-corrected chi connectivity index (χ3v) is 4.49. The lowest BCUT2D eigenvalue weighted by Crippen LogP contribution is -2.48. The summed E-state index contributed by atoms with van der Waals surface area (Å²) in [4.78, 5) is 16.6. The van der Waals surface area contributed by atoms with E-state index in [1.54, 1.807) is 18.2 Å². The molecule has 1 aromatic rings. The fraction of sp³-hybridized carbons (Fsp3) is 0.462. The molecule has 2 rings (SSSR count). The van der Waals surface area contributed by atoms with Crippen molar-refractivity contribution in [2.24, 2.45) is 0 Å². The van der Waals surface area contributed by atoms with E-state index in [1.807, 2.05) is 4.90 Å². The van der Waals surface area contributed by atoms with E-state index in [0.717, 1.165) is 37.2 Å². The fourth-order valence-corrected chi connectivity index (χ4v) is 2.58. The van der Waals surface area contributed by atoms with Crippen LogP contribution in [0.1, 0.15) is 17.3 Å². The summed E-state index contributed by atoms with van der Waals surface area (Å²) < 4.78 is 0.766. The Hall–Kier alpha value is -0.580. The number of benzene rings is 1. The highest BCUT2D eigenvalue weighted by Gasteiger charge is 2.21. The average molecular weight is 332 g/mol. The van der Waals surface area contributed by atoms with Gasteiger partial charge in [0.2, 0.25) is 0 Å². The van der Waals surface area contributed by atoms with Crippen LogP contribution < -0.4 is 0 Å². The molecular formula is C13H16BrClN2O. The molecule has 0 N–H and O–H groups in total. The van der Waals surface area contributed by atoms with E-state index in [4.69, 9.17) is 11.6 Å². The maximum atomic E-state index is 12.3. The molecule has 0 atom stereocenters. The number of amides is 1. The Morgan fingerprint density at radius 1 is 1.33 bits per heavy atom. The van der Waals surface area contributed by atoms with E-state index in [0.29, 0.717) is 10.6 Å². The molecule has 0 spiro atoms. The van der Waals surface area contributed by atoms with Crippen molar-refractivity contribution < 1.29 is 4.79 Å². The molecule has 0 saturated carbocycles. The first-order valence-electron chi connectivity index (χ1n) is 6.08. The van der Waals surface area contributed by atoms with E-state index < -0.39 is 0 Å². The molecule has 1 saturated heterocycles. The first kappa shape index (κ1) is 13.8. The number of likely N-dealkylation sites (N-methyl/N-ethyl adjacent to an activating group) is 1. The van der Waals surface area contributed by atoms with Gasteiger partial charge in [-0.3, -0.25) is 4.79 Å². The van der Waals surface area contributed by atoms with Gasteiger partial charge in [0.25, 0.3) is 5.91 Å². The predicted octanol–water partition coefficient (Wildman–Crippen LogP) is 2.88. The summed E-state index contributed by atoms with van der Waals surface area (Å²) in [5, 5.41) is 0.627. The van der Waals surface area contributed by atoms with Gasteiger partial charge in [0, 0.05) is 36.2 Å². The molecule has 0 aliphatic carbocycles. The molecule has 1 aliphatic heterocycles. The number of rotatable bonds is 2. The zero-order valence-electron chi connectivity index (χ0n) is 10.3. The van der Waals surface area contributed by atoms with Crippen molar-refractivity contribution in [3.8, 4) is 0 Å². The second-order valence-corrected chi connectivity index (χ2v) is 5.62. The Bertz CT molecular complexity index is 445. The average Bonchev–Trinajstić information content (AvgIpc) is 2.41. The number of carbonyl (C=O) groups is 1. The minimum atomic E-state index is 0.0862. The number of hydrogen-bond donors (Lipinski definition) is 0. The molecule has 1 fully saturated rings. The minimum Gasteiger partial charge on any atom is -0.336 e. The van der Waals surface area contributed by atoms with Gasteiger partial charge < -0.3 is 9.80 Å². The lowest BCUT2D eigenvalue weighted by molar-refractivity contribution is 0.0643. The molecule has 98 valence electrons. The second-order valence-electron chi connectivity index (χ2n) is 4.36. The van der Waals surface area contributed by atoms with Gasteiger partial charge in [0.15, 0.2) is 0 Å². The zero-order valence-corrected chi connectivity index (χ0v) is 12.7. The maximum absolute atomic E-state index is 12.3. The highest BCUT2D eigenvalue weighted by atomic mass is 79.9. The number of halogens is 2. The van der Waals surface area contributed by atoms with E-state index in [2.05, 4.69) is 27.8 Å². The van der Waals surface area contributed by atoms with Crippen LogP contribution in [0.5, 0.6) is 0 Å². The van der Waals surface area contributed by atoms with Crippen molar-refractivity contribution >= 4 is 33.4 Å². The Morgan fingerprint density at radius 2 is 2.00 bits per heavy atom. The summed E-state index contributed by atoms with van der Waals surface area (Å²) in [6.07, 6.45) is 0. The Kier molecular flexibility index (Phi) is 4.65. The molecule has 5 heteroatoms. The van der Waals surface area contributed by atoms with E-state index in [-0.39, 0.29) is 5.91 Å². The summed E-state index contributed by atoms with van der Waals surface area (Å²) in [5.74, 6) is 0.0862. The molecule has 1 aromatic carbocycles. The van der Waals surface area contributed by atoms with Gasteiger partial charge in [0.1, 0.15) is 0 Å². The normalized spacial score (nSPS) is 16.9. The van der Waals surface area contributed by atoms with Crippen molar-refractivity contribution in [2.75, 3.05) is 32.7 Å². The van der Waals surface area contributed by atoms with Crippen molar-refractivity contribution in [2.45, 2.75) is 6.92 Å². The standard InChI is InChI=1S/C13H16BrClN2O/c1-2-16-5-7-17(8-6-16)13(18)10-3-4-12(15)11(14)9-10/h3-4,9H,2,5-8H2,1H3. The number of piperazine rings is 1. The first-order valence-corrected chi connectivity index (χ1v) is 7.25. The first-order chi connectivity index (χ1) is 8.61. The van der Waals surface area contributed by atoms with Crippen LogP contribution in [0.25, 0.3) is 0 Å². The molecule has 0 bridgehead atoms. The Balaban J connectivity index is 2.05. The van der Waals surface area contributed by atoms with Gasteiger partial charge >= 0.3 is 0 Å². The Morgan fingerprint density at radius 3 is 2.56 bits per heavy atom. The molecule has 3 nitrogen and oxygen atoms in total. The molecular weight excluding hydrogens is 316 g/mol. The van der Waals surface area contributed by atoms with Crippen LogP contribution in [0.2, 0.25) is 5.02 Å². The highest BCUT2D eigenvalue weighted by Crippen LogP contribution is 2.24. The van der Waals surface area contributed by atoms with Gasteiger partial charge in [-0.05, 0) is 40.7 Å². The van der Waals surface area contributed by atoms with Crippen LogP contribution in [0.15, 0.2) is 22.7 Å². The third kappa shape index (κ3) is 3.05. The lowest BCUT2D eigenvalue weighted by atomic mass is 10.2. The van der Waals surface area contributed by atoms with Crippen molar-refractivity contribution in [1.82, 2.24) is 9.80 Å². The van der Waals surface area contributed by atoms with Gasteiger partial charge in [-0.25, -0.2) is 0 Å². The topological polar surface area (TPSA) is 23.6 Å². The zero-order chi connectivity index (χ0) is 13.1. The number of hydrogen-bond acceptors (Lipinski definition) is 2. The van der Waals surface area contributed by atoms with Crippen LogP contribution in [0.4, 0.5) is 0 Å². The summed E-state index contributed by atoms with van der Waals surface area (Å²) in [6, 6.07) is 5.32. The van der Waals surface area contributed by atoms with Crippen LogP contribution in [-0.4, -0.2) is 48.4 Å². The second kappa shape index (κ2) is 6.04. The van der Waals surface area contributed by atoms with E-state index >= 15 is 0 Å². The van der Waals surface area contributed by atoms with Gasteiger partial charge in [-0.2, -0.15) is 0 Å². The van der Waals surface area contributed by atoms with Gasteiger partial charge in [-0.1, -0.05) is 18.5 Å². The fourth-order valence-electron chi connectivity index (χ4n) is 2.08. The molecule has 0 aromatic heterocycles. The van der Waals surface area contributed by atoms with Crippen molar-refractivity contribution in [1.29, 1.82) is 0 Å². The summed E-state index contributed by atoms with van der Waals surface area (Å²) in [7, 11) is 0. The quantitative estimate of drug-likeness (QED) is 0.832. The van der Waals surface area contributed by atoms with E-state index in [9.17, 15) is 4.79 Å². The summed E-state index contributed by atoms with van der Waals surface area (Å²) in [6.45, 7) is 6.70. The number of nitrogens with zero attached hydrogens (tertiary/aromatic N) is 2. The molecule has 1 amide bonds. The molecule has 1 aliphatic rings. The van der Waals surface area contributed by atoms with Crippen LogP contribution in [0, 0.1) is 0 Å². The molecule has 0 radical (unpaired) electrons. The third-order valence-electron chi connectivity index (χ3n) is 3.27. The van der Waals surface area contributed by atoms with Crippen molar-refractivity contribution in [3.05, 3.63) is 33.3 Å². The minimum absolute atomic E-state index is 0.0862. The largest absolute Gasteiger partial charge is 0.336 e. The molecule has 18 heavy (non-hydrogen) atoms. The molecule has 0 unspecified atom stereocenters. The highest BCUT2D eigenvalue weighted by molar-refractivity contribution is 9.10. The van der Waals surface area contributed by atoms with Crippen molar-refractivity contribution in [3.63, 3.8) is 0 Å². The summed E-state index contributed by atoms with van der Waals surface area (Å²) >= 11 is 9.28. The van der Waals surface area contributed by atoms with Crippen LogP contribution in [0.3, 0.4) is 0 Å². The smallest absolute Gasteiger partial charge is 0.253 e. The lowest BCUT2D eigenvalue weighted by Gasteiger charge is -2.34. The van der Waals surface area contributed by atoms with Crippen LogP contribution >= 0.6 is 27.5 Å². The predicted molar refractivity (Wildman–Crippen MR) is 77.2 cm³/mol.